The Balaban J connectivity index is 1.58. The van der Waals surface area contributed by atoms with E-state index in [9.17, 15) is 13.2 Å². The number of rotatable bonds is 3. The molecule has 2 nitrogen and oxygen atoms in total. The van der Waals surface area contributed by atoms with Crippen LogP contribution in [0.25, 0.3) is 0 Å². The summed E-state index contributed by atoms with van der Waals surface area (Å²) in [7, 11) is 0. The molecule has 2 aromatic carbocycles. The van der Waals surface area contributed by atoms with Gasteiger partial charge in [-0.05, 0) is 48.7 Å². The molecule has 166 valence electrons. The molecule has 32 heavy (non-hydrogen) atoms. The van der Waals surface area contributed by atoms with Gasteiger partial charge in [0.05, 0.1) is 12.3 Å². The van der Waals surface area contributed by atoms with E-state index in [4.69, 9.17) is 4.74 Å². The van der Waals surface area contributed by atoms with Crippen molar-refractivity contribution in [2.24, 2.45) is 5.92 Å². The molecule has 2 aromatic rings. The van der Waals surface area contributed by atoms with Crippen LogP contribution in [0.2, 0.25) is 0 Å². The molecule has 0 amide bonds. The number of ether oxygens (including phenoxy) is 1. The van der Waals surface area contributed by atoms with Crippen molar-refractivity contribution < 1.29 is 26.7 Å². The van der Waals surface area contributed by atoms with Crippen LogP contribution in [0.5, 0.6) is 0 Å². The Morgan fingerprint density at radius 3 is 2.38 bits per heavy atom. The van der Waals surface area contributed by atoms with Crippen LogP contribution >= 0.6 is 0 Å². The highest BCUT2D eigenvalue weighted by atomic mass is 19.3. The Hall–Kier alpha value is -3.11. The third kappa shape index (κ3) is 4.28. The molecule has 0 bridgehead atoms. The molecule has 2 aliphatic heterocycles. The van der Waals surface area contributed by atoms with E-state index in [0.29, 0.717) is 23.6 Å². The Morgan fingerprint density at radius 2 is 1.72 bits per heavy atom. The Morgan fingerprint density at radius 1 is 1.03 bits per heavy atom. The lowest BCUT2D eigenvalue weighted by atomic mass is 9.88. The SMILES string of the molecule is CC1C=C(C(F)(F)C2(c3ccc(F)cc3F)CO2)NCC(C#Cc2ccc(F)cc2)=CC1. The first-order valence-electron chi connectivity index (χ1n) is 10.1. The summed E-state index contributed by atoms with van der Waals surface area (Å²) in [5.41, 5.74) is -1.76. The predicted octanol–water partition coefficient (Wildman–Crippen LogP) is 5.46. The smallest absolute Gasteiger partial charge is 0.321 e. The van der Waals surface area contributed by atoms with E-state index >= 15 is 8.78 Å². The van der Waals surface area contributed by atoms with Gasteiger partial charge in [0.2, 0.25) is 0 Å². The Kier molecular flexibility index (Phi) is 5.83. The van der Waals surface area contributed by atoms with Crippen molar-refractivity contribution in [2.45, 2.75) is 24.9 Å². The first-order valence-corrected chi connectivity index (χ1v) is 10.1. The number of epoxide rings is 1. The van der Waals surface area contributed by atoms with E-state index in [1.54, 1.807) is 6.92 Å². The van der Waals surface area contributed by atoms with Gasteiger partial charge in [-0.25, -0.2) is 13.2 Å². The van der Waals surface area contributed by atoms with Crippen LogP contribution in [-0.4, -0.2) is 19.1 Å². The fourth-order valence-electron chi connectivity index (χ4n) is 3.61. The summed E-state index contributed by atoms with van der Waals surface area (Å²) in [4.78, 5) is 0. The summed E-state index contributed by atoms with van der Waals surface area (Å²) in [5, 5.41) is 2.74. The largest absolute Gasteiger partial charge is 0.379 e. The molecule has 0 aromatic heterocycles. The third-order valence-corrected chi connectivity index (χ3v) is 5.51. The first kappa shape index (κ1) is 22.1. The van der Waals surface area contributed by atoms with Gasteiger partial charge in [-0.1, -0.05) is 30.9 Å². The second-order valence-electron chi connectivity index (χ2n) is 7.95. The molecule has 0 radical (unpaired) electrons. The molecule has 1 N–H and O–H groups in total. The van der Waals surface area contributed by atoms with E-state index in [1.165, 1.54) is 30.3 Å². The Labute approximate surface area is 182 Å². The molecule has 4 rings (SSSR count). The van der Waals surface area contributed by atoms with Crippen LogP contribution in [0.4, 0.5) is 22.0 Å². The molecule has 2 unspecified atom stereocenters. The summed E-state index contributed by atoms with van der Waals surface area (Å²) >= 11 is 0. The summed E-state index contributed by atoms with van der Waals surface area (Å²) in [6.45, 7) is 1.43. The van der Waals surface area contributed by atoms with E-state index in [2.05, 4.69) is 17.2 Å². The van der Waals surface area contributed by atoms with Gasteiger partial charge in [0.1, 0.15) is 17.5 Å². The van der Waals surface area contributed by atoms with Crippen LogP contribution in [-0.2, 0) is 10.3 Å². The molecular weight excluding hydrogens is 425 g/mol. The quantitative estimate of drug-likeness (QED) is 0.386. The van der Waals surface area contributed by atoms with Gasteiger partial charge in [-0.3, -0.25) is 0 Å². The zero-order valence-corrected chi connectivity index (χ0v) is 17.2. The minimum Gasteiger partial charge on any atom is -0.379 e. The number of nitrogens with one attached hydrogen (secondary N) is 1. The number of benzene rings is 2. The fourth-order valence-corrected chi connectivity index (χ4v) is 3.61. The van der Waals surface area contributed by atoms with Crippen molar-refractivity contribution in [2.75, 3.05) is 13.2 Å². The topological polar surface area (TPSA) is 24.6 Å². The lowest BCUT2D eigenvalue weighted by molar-refractivity contribution is -0.0509. The maximum atomic E-state index is 15.6. The molecule has 0 spiro atoms. The highest BCUT2D eigenvalue weighted by molar-refractivity contribution is 5.43. The van der Waals surface area contributed by atoms with E-state index in [0.717, 1.165) is 12.1 Å². The highest BCUT2D eigenvalue weighted by Gasteiger charge is 2.68. The van der Waals surface area contributed by atoms with Crippen molar-refractivity contribution in [1.29, 1.82) is 0 Å². The zero-order chi connectivity index (χ0) is 22.9. The maximum Gasteiger partial charge on any atom is 0.321 e. The standard InChI is InChI=1S/C25H20F5NO/c1-16-2-3-18(5-4-17-6-8-19(26)9-7-17)14-31-23(12-16)25(29,30)24(15-32-24)21-11-10-20(27)13-22(21)28/h3,6-13,16,31H,2,14-15H2,1H3. The predicted molar refractivity (Wildman–Crippen MR) is 110 cm³/mol. The van der Waals surface area contributed by atoms with Gasteiger partial charge < -0.3 is 10.1 Å². The third-order valence-electron chi connectivity index (χ3n) is 5.51. The van der Waals surface area contributed by atoms with Gasteiger partial charge in [-0.15, -0.1) is 0 Å². The molecule has 2 heterocycles. The van der Waals surface area contributed by atoms with Crippen LogP contribution < -0.4 is 5.32 Å². The lowest BCUT2D eigenvalue weighted by Crippen LogP contribution is -2.43. The average Bonchev–Trinajstić information content (AvgIpc) is 3.54. The monoisotopic (exact) mass is 445 g/mol. The average molecular weight is 445 g/mol. The van der Waals surface area contributed by atoms with Crippen molar-refractivity contribution in [3.8, 4) is 11.8 Å². The van der Waals surface area contributed by atoms with Gasteiger partial charge in [-0.2, -0.15) is 8.78 Å². The van der Waals surface area contributed by atoms with Crippen LogP contribution in [0.3, 0.4) is 0 Å². The molecule has 1 fully saturated rings. The summed E-state index contributed by atoms with van der Waals surface area (Å²) in [6.07, 6.45) is 3.75. The fraction of sp³-hybridized carbons (Fsp3) is 0.280. The van der Waals surface area contributed by atoms with Crippen molar-refractivity contribution in [1.82, 2.24) is 5.32 Å². The molecule has 0 saturated carbocycles. The second kappa shape index (κ2) is 8.44. The zero-order valence-electron chi connectivity index (χ0n) is 17.2. The molecule has 0 aliphatic carbocycles. The number of hydrogen-bond donors (Lipinski definition) is 1. The molecule has 2 aliphatic rings. The highest BCUT2D eigenvalue weighted by Crippen LogP contribution is 2.54. The van der Waals surface area contributed by atoms with Crippen molar-refractivity contribution in [3.63, 3.8) is 0 Å². The number of alkyl halides is 2. The van der Waals surface area contributed by atoms with Gasteiger partial charge in [0.25, 0.3) is 0 Å². The number of hydrogen-bond acceptors (Lipinski definition) is 2. The van der Waals surface area contributed by atoms with Gasteiger partial charge in [0.15, 0.2) is 5.60 Å². The van der Waals surface area contributed by atoms with Gasteiger partial charge in [0, 0.05) is 29.3 Å². The number of halogens is 5. The van der Waals surface area contributed by atoms with Crippen molar-refractivity contribution >= 4 is 0 Å². The second-order valence-corrected chi connectivity index (χ2v) is 7.95. The van der Waals surface area contributed by atoms with Gasteiger partial charge >= 0.3 is 5.92 Å². The number of allylic oxidation sites excluding steroid dienone is 2. The summed E-state index contributed by atoms with van der Waals surface area (Å²) in [6, 6.07) is 8.16. The van der Waals surface area contributed by atoms with Crippen LogP contribution in [0, 0.1) is 35.2 Å². The van der Waals surface area contributed by atoms with Crippen molar-refractivity contribution in [3.05, 3.63) is 94.5 Å². The van der Waals surface area contributed by atoms with Crippen LogP contribution in [0.15, 0.2) is 65.9 Å². The van der Waals surface area contributed by atoms with E-state index < -0.39 is 23.2 Å². The first-order chi connectivity index (χ1) is 15.2. The molecular formula is C25H20F5NO. The molecule has 1 saturated heterocycles. The lowest BCUT2D eigenvalue weighted by Gasteiger charge is -2.29. The van der Waals surface area contributed by atoms with E-state index in [1.807, 2.05) is 6.08 Å². The summed E-state index contributed by atoms with van der Waals surface area (Å²) in [5.74, 6) is -0.288. The molecule has 7 heteroatoms. The minimum absolute atomic E-state index is 0.0321. The Bertz CT molecular complexity index is 1140. The van der Waals surface area contributed by atoms with E-state index in [-0.39, 0.29) is 36.1 Å². The normalized spacial score (nSPS) is 23.0. The maximum absolute atomic E-state index is 15.6. The summed E-state index contributed by atoms with van der Waals surface area (Å²) < 4.78 is 77.0. The van der Waals surface area contributed by atoms with Crippen LogP contribution in [0.1, 0.15) is 24.5 Å². The minimum atomic E-state index is -3.58. The molecule has 2 atom stereocenters.